The van der Waals surface area contributed by atoms with Gasteiger partial charge in [-0.2, -0.15) is 0 Å². The predicted octanol–water partition coefficient (Wildman–Crippen LogP) is 2.78. The molecule has 0 aliphatic heterocycles. The van der Waals surface area contributed by atoms with E-state index in [1.165, 1.54) is 0 Å². The third-order valence-corrected chi connectivity index (χ3v) is 2.61. The van der Waals surface area contributed by atoms with Crippen LogP contribution in [0.5, 0.6) is 0 Å². The first-order valence-electron chi connectivity index (χ1n) is 5.31. The Balaban J connectivity index is 2.24. The smallest absolute Gasteiger partial charge is 0.228 e. The molecule has 0 bridgehead atoms. The van der Waals surface area contributed by atoms with E-state index in [4.69, 9.17) is 10.2 Å². The second kappa shape index (κ2) is 3.59. The van der Waals surface area contributed by atoms with Gasteiger partial charge >= 0.3 is 0 Å². The number of oxazole rings is 1. The van der Waals surface area contributed by atoms with Gasteiger partial charge in [-0.25, -0.2) is 4.98 Å². The number of aromatic nitrogens is 2. The average Bonchev–Trinajstić information content (AvgIpc) is 2.74. The lowest BCUT2D eigenvalue weighted by Gasteiger charge is -1.95. The van der Waals surface area contributed by atoms with E-state index in [1.54, 1.807) is 12.4 Å². The highest BCUT2D eigenvalue weighted by atomic mass is 16.3. The zero-order valence-corrected chi connectivity index (χ0v) is 9.34. The van der Waals surface area contributed by atoms with Crippen LogP contribution in [0, 0.1) is 6.92 Å². The Morgan fingerprint density at radius 3 is 2.94 bits per heavy atom. The number of hydrogen-bond donors (Lipinski definition) is 1. The number of hydrogen-bond acceptors (Lipinski definition) is 4. The van der Waals surface area contributed by atoms with Crippen molar-refractivity contribution in [3.05, 3.63) is 42.2 Å². The Hall–Kier alpha value is -2.36. The van der Waals surface area contributed by atoms with Gasteiger partial charge in [-0.05, 0) is 36.8 Å². The van der Waals surface area contributed by atoms with Gasteiger partial charge in [-0.3, -0.25) is 4.98 Å². The van der Waals surface area contributed by atoms with Crippen molar-refractivity contribution < 1.29 is 4.42 Å². The maximum absolute atomic E-state index is 5.78. The van der Waals surface area contributed by atoms with Crippen molar-refractivity contribution in [1.82, 2.24) is 9.97 Å². The molecule has 3 rings (SSSR count). The molecule has 4 heteroatoms. The maximum Gasteiger partial charge on any atom is 0.228 e. The van der Waals surface area contributed by atoms with E-state index in [9.17, 15) is 0 Å². The molecule has 0 saturated heterocycles. The second-order valence-corrected chi connectivity index (χ2v) is 3.95. The van der Waals surface area contributed by atoms with Crippen molar-refractivity contribution >= 4 is 16.8 Å². The summed E-state index contributed by atoms with van der Waals surface area (Å²) >= 11 is 0. The average molecular weight is 225 g/mol. The van der Waals surface area contributed by atoms with Gasteiger partial charge in [0.1, 0.15) is 5.52 Å². The molecule has 4 nitrogen and oxygen atoms in total. The lowest BCUT2D eigenvalue weighted by Crippen LogP contribution is -1.85. The summed E-state index contributed by atoms with van der Waals surface area (Å²) in [6, 6.07) is 7.45. The molecule has 2 N–H and O–H groups in total. The Kier molecular flexibility index (Phi) is 2.08. The van der Waals surface area contributed by atoms with Crippen LogP contribution in [0.15, 0.2) is 41.1 Å². The molecule has 0 aliphatic carbocycles. The number of pyridine rings is 1. The number of fused-ring (bicyclic) bond motifs is 1. The summed E-state index contributed by atoms with van der Waals surface area (Å²) in [4.78, 5) is 8.46. The fourth-order valence-electron chi connectivity index (χ4n) is 1.84. The Morgan fingerprint density at radius 2 is 2.18 bits per heavy atom. The Bertz CT molecular complexity index is 674. The Morgan fingerprint density at radius 1 is 1.29 bits per heavy atom. The summed E-state index contributed by atoms with van der Waals surface area (Å²) in [6.45, 7) is 1.96. The fraction of sp³-hybridized carbons (Fsp3) is 0.0769. The number of nitrogens with two attached hydrogens (primary N) is 1. The third-order valence-electron chi connectivity index (χ3n) is 2.61. The quantitative estimate of drug-likeness (QED) is 0.647. The van der Waals surface area contributed by atoms with Crippen molar-refractivity contribution in [2.24, 2.45) is 0 Å². The van der Waals surface area contributed by atoms with Crippen LogP contribution in [0.2, 0.25) is 0 Å². The number of aryl methyl sites for hydroxylation is 1. The molecule has 0 spiro atoms. The van der Waals surface area contributed by atoms with Crippen LogP contribution < -0.4 is 5.73 Å². The van der Waals surface area contributed by atoms with E-state index in [0.717, 1.165) is 22.2 Å². The van der Waals surface area contributed by atoms with Crippen LogP contribution in [0.4, 0.5) is 5.69 Å². The highest BCUT2D eigenvalue weighted by Gasteiger charge is 2.10. The van der Waals surface area contributed by atoms with Gasteiger partial charge in [-0.15, -0.1) is 0 Å². The minimum absolute atomic E-state index is 0.571. The fourth-order valence-corrected chi connectivity index (χ4v) is 1.84. The first-order valence-corrected chi connectivity index (χ1v) is 5.31. The molecule has 1 aromatic carbocycles. The molecule has 0 saturated carbocycles. The number of rotatable bonds is 1. The molecule has 0 amide bonds. The van der Waals surface area contributed by atoms with Crippen LogP contribution in [-0.4, -0.2) is 9.97 Å². The minimum Gasteiger partial charge on any atom is -0.436 e. The van der Waals surface area contributed by atoms with Gasteiger partial charge in [0.25, 0.3) is 0 Å². The summed E-state index contributed by atoms with van der Waals surface area (Å²) in [5.74, 6) is 0.571. The van der Waals surface area contributed by atoms with Crippen molar-refractivity contribution in [3.8, 4) is 11.5 Å². The predicted molar refractivity (Wildman–Crippen MR) is 66.4 cm³/mol. The summed E-state index contributed by atoms with van der Waals surface area (Å²) in [6.07, 6.45) is 3.44. The van der Waals surface area contributed by atoms with Gasteiger partial charge in [0.05, 0.1) is 5.56 Å². The lowest BCUT2D eigenvalue weighted by atomic mass is 10.2. The summed E-state index contributed by atoms with van der Waals surface area (Å²) < 4.78 is 5.73. The van der Waals surface area contributed by atoms with Gasteiger partial charge < -0.3 is 10.2 Å². The molecule has 2 aromatic heterocycles. The number of nitrogen functional groups attached to an aromatic ring is 1. The van der Waals surface area contributed by atoms with Crippen molar-refractivity contribution in [1.29, 1.82) is 0 Å². The highest BCUT2D eigenvalue weighted by molar-refractivity contribution is 5.82. The van der Waals surface area contributed by atoms with Crippen molar-refractivity contribution in [2.45, 2.75) is 6.92 Å². The minimum atomic E-state index is 0.571. The van der Waals surface area contributed by atoms with E-state index in [2.05, 4.69) is 9.97 Å². The van der Waals surface area contributed by atoms with Gasteiger partial charge in [-0.1, -0.05) is 0 Å². The molecule has 0 unspecified atom stereocenters. The van der Waals surface area contributed by atoms with Crippen LogP contribution >= 0.6 is 0 Å². The zero-order chi connectivity index (χ0) is 11.8. The van der Waals surface area contributed by atoms with Crippen LogP contribution in [0.3, 0.4) is 0 Å². The first kappa shape index (κ1) is 9.84. The van der Waals surface area contributed by atoms with Crippen molar-refractivity contribution in [3.63, 3.8) is 0 Å². The van der Waals surface area contributed by atoms with E-state index in [1.807, 2.05) is 31.2 Å². The van der Waals surface area contributed by atoms with Crippen LogP contribution in [0.1, 0.15) is 5.56 Å². The molecule has 17 heavy (non-hydrogen) atoms. The molecule has 3 aromatic rings. The molecule has 0 aliphatic rings. The second-order valence-electron chi connectivity index (χ2n) is 3.95. The highest BCUT2D eigenvalue weighted by Crippen LogP contribution is 2.27. The maximum atomic E-state index is 5.78. The number of anilines is 1. The zero-order valence-electron chi connectivity index (χ0n) is 9.34. The third kappa shape index (κ3) is 1.63. The summed E-state index contributed by atoms with van der Waals surface area (Å²) in [5, 5.41) is 0. The normalized spacial score (nSPS) is 10.9. The van der Waals surface area contributed by atoms with E-state index < -0.39 is 0 Å². The molecule has 0 fully saturated rings. The SMILES string of the molecule is Cc1cc(N)cc2nc(-c3cccnc3)oc12. The van der Waals surface area contributed by atoms with E-state index in [0.29, 0.717) is 11.6 Å². The summed E-state index contributed by atoms with van der Waals surface area (Å²) in [7, 11) is 0. The molecule has 0 atom stereocenters. The lowest BCUT2D eigenvalue weighted by molar-refractivity contribution is 0.617. The van der Waals surface area contributed by atoms with E-state index >= 15 is 0 Å². The molecule has 84 valence electrons. The number of benzene rings is 1. The molecular formula is C13H11N3O. The summed E-state index contributed by atoms with van der Waals surface area (Å²) in [5.41, 5.74) is 9.88. The topological polar surface area (TPSA) is 64.9 Å². The molecule has 0 radical (unpaired) electrons. The van der Waals surface area contributed by atoms with Gasteiger partial charge in [0.2, 0.25) is 5.89 Å². The monoisotopic (exact) mass is 225 g/mol. The largest absolute Gasteiger partial charge is 0.436 e. The molecular weight excluding hydrogens is 214 g/mol. The van der Waals surface area contributed by atoms with Gasteiger partial charge in [0, 0.05) is 18.1 Å². The van der Waals surface area contributed by atoms with Crippen molar-refractivity contribution in [2.75, 3.05) is 5.73 Å². The Labute approximate surface area is 98.1 Å². The number of nitrogens with zero attached hydrogens (tertiary/aromatic N) is 2. The van der Waals surface area contributed by atoms with Crippen LogP contribution in [0.25, 0.3) is 22.6 Å². The van der Waals surface area contributed by atoms with E-state index in [-0.39, 0.29) is 0 Å². The first-order chi connectivity index (χ1) is 8.24. The van der Waals surface area contributed by atoms with Gasteiger partial charge in [0.15, 0.2) is 5.58 Å². The standard InChI is InChI=1S/C13H11N3O/c1-8-5-10(14)6-11-12(8)17-13(16-11)9-3-2-4-15-7-9/h2-7H,14H2,1H3. The van der Waals surface area contributed by atoms with Crippen LogP contribution in [-0.2, 0) is 0 Å². The molecule has 2 heterocycles.